The number of nitrogens with zero attached hydrogens (tertiary/aromatic N) is 2. The van der Waals surface area contributed by atoms with Crippen molar-refractivity contribution in [1.29, 1.82) is 0 Å². The molecule has 3 heterocycles. The number of fused-ring (bicyclic) bond motifs is 2. The minimum Gasteiger partial charge on any atom is -0.485 e. The molecule has 0 spiro atoms. The van der Waals surface area contributed by atoms with Gasteiger partial charge in [-0.15, -0.1) is 0 Å². The van der Waals surface area contributed by atoms with Gasteiger partial charge >= 0.3 is 0 Å². The fourth-order valence-corrected chi connectivity index (χ4v) is 4.17. The Morgan fingerprint density at radius 3 is 2.56 bits per heavy atom. The highest BCUT2D eigenvalue weighted by Gasteiger charge is 2.39. The number of aryl methyl sites for hydroxylation is 1. The number of hydrogen-bond acceptors (Lipinski definition) is 6. The van der Waals surface area contributed by atoms with E-state index in [1.807, 2.05) is 61.7 Å². The fourth-order valence-electron chi connectivity index (χ4n) is 4.17. The van der Waals surface area contributed by atoms with Crippen LogP contribution >= 0.6 is 0 Å². The van der Waals surface area contributed by atoms with Crippen LogP contribution in [0.3, 0.4) is 0 Å². The highest BCUT2D eigenvalue weighted by Crippen LogP contribution is 2.27. The highest BCUT2D eigenvalue weighted by atomic mass is 16.6. The summed E-state index contributed by atoms with van der Waals surface area (Å²) in [6, 6.07) is 15.5. The second-order valence-corrected chi connectivity index (χ2v) is 8.19. The van der Waals surface area contributed by atoms with Crippen molar-refractivity contribution < 1.29 is 23.7 Å². The molecule has 7 heteroatoms. The maximum absolute atomic E-state index is 12.6. The van der Waals surface area contributed by atoms with Crippen LogP contribution in [0.25, 0.3) is 10.8 Å². The number of rotatable bonds is 5. The Morgan fingerprint density at radius 1 is 1.03 bits per heavy atom. The zero-order chi connectivity index (χ0) is 21.9. The lowest BCUT2D eigenvalue weighted by atomic mass is 10.1. The Bertz CT molecular complexity index is 1080. The fraction of sp³-hybridized carbons (Fsp3) is 0.360. The lowest BCUT2D eigenvalue weighted by Gasteiger charge is -2.20. The monoisotopic (exact) mass is 434 g/mol. The lowest BCUT2D eigenvalue weighted by Crippen LogP contribution is -2.35. The number of carbonyl (C=O) groups is 1. The number of carbonyl (C=O) groups excluding carboxylic acids is 1. The van der Waals surface area contributed by atoms with Gasteiger partial charge in [-0.25, -0.2) is 0 Å². The van der Waals surface area contributed by atoms with Crippen molar-refractivity contribution in [3.05, 3.63) is 66.5 Å². The lowest BCUT2D eigenvalue weighted by molar-refractivity contribution is -0.133. The maximum Gasteiger partial charge on any atom is 0.260 e. The van der Waals surface area contributed by atoms with Crippen LogP contribution in [0.4, 0.5) is 0 Å². The van der Waals surface area contributed by atoms with Crippen molar-refractivity contribution in [2.24, 2.45) is 0 Å². The molecular weight excluding hydrogens is 408 g/mol. The van der Waals surface area contributed by atoms with Gasteiger partial charge in [-0.3, -0.25) is 9.78 Å². The van der Waals surface area contributed by atoms with Crippen LogP contribution in [0.1, 0.15) is 5.56 Å². The summed E-state index contributed by atoms with van der Waals surface area (Å²) in [7, 11) is 0. The number of aromatic nitrogens is 1. The molecule has 0 N–H and O–H groups in total. The molecule has 5 rings (SSSR count). The van der Waals surface area contributed by atoms with Crippen molar-refractivity contribution in [1.82, 2.24) is 9.88 Å². The van der Waals surface area contributed by atoms with Gasteiger partial charge in [0.2, 0.25) is 0 Å². The first-order valence-corrected chi connectivity index (χ1v) is 10.9. The molecule has 2 fully saturated rings. The Hall–Kier alpha value is -3.16. The standard InChI is InChI=1S/C25H26N2O5/c1-17-5-2-3-7-21(17)31-16-25(28)27-12-23-24(13-27)30-15-19(14-29-23)32-22-8-4-6-18-11-26-10-9-20(18)22/h2-11,19,23-24H,12-16H2,1H3/t23-,24-/m0/s1. The number of amides is 1. The summed E-state index contributed by atoms with van der Waals surface area (Å²) in [6.07, 6.45) is 3.04. The molecule has 166 valence electrons. The number of hydrogen-bond donors (Lipinski definition) is 0. The third-order valence-electron chi connectivity index (χ3n) is 5.94. The quantitative estimate of drug-likeness (QED) is 0.615. The van der Waals surface area contributed by atoms with Gasteiger partial charge in [-0.1, -0.05) is 30.3 Å². The van der Waals surface area contributed by atoms with E-state index in [0.29, 0.717) is 26.3 Å². The summed E-state index contributed by atoms with van der Waals surface area (Å²) in [5, 5.41) is 2.04. The second kappa shape index (κ2) is 9.14. The van der Waals surface area contributed by atoms with Crippen LogP contribution in [-0.2, 0) is 14.3 Å². The van der Waals surface area contributed by atoms with Crippen molar-refractivity contribution in [2.75, 3.05) is 32.9 Å². The van der Waals surface area contributed by atoms with E-state index in [-0.39, 0.29) is 30.8 Å². The van der Waals surface area contributed by atoms with Crippen LogP contribution in [0.2, 0.25) is 0 Å². The van der Waals surface area contributed by atoms with Gasteiger partial charge in [0.1, 0.15) is 29.8 Å². The predicted molar refractivity (Wildman–Crippen MR) is 119 cm³/mol. The summed E-state index contributed by atoms with van der Waals surface area (Å²) in [4.78, 5) is 18.6. The molecule has 7 nitrogen and oxygen atoms in total. The van der Waals surface area contributed by atoms with Crippen molar-refractivity contribution in [3.8, 4) is 11.5 Å². The normalized spacial score (nSPS) is 21.2. The number of benzene rings is 2. The Kier molecular flexibility index (Phi) is 5.92. The van der Waals surface area contributed by atoms with Crippen LogP contribution in [-0.4, -0.2) is 67.0 Å². The first kappa shape index (κ1) is 20.7. The Labute approximate surface area is 186 Å². The van der Waals surface area contributed by atoms with Crippen LogP contribution < -0.4 is 9.47 Å². The van der Waals surface area contributed by atoms with E-state index in [1.165, 1.54) is 0 Å². The van der Waals surface area contributed by atoms with Gasteiger partial charge in [-0.05, 0) is 30.7 Å². The third-order valence-corrected chi connectivity index (χ3v) is 5.94. The molecule has 0 saturated carbocycles. The van der Waals surface area contributed by atoms with E-state index in [9.17, 15) is 4.79 Å². The molecule has 0 aliphatic carbocycles. The van der Waals surface area contributed by atoms with E-state index >= 15 is 0 Å². The van der Waals surface area contributed by atoms with Gasteiger partial charge < -0.3 is 23.8 Å². The molecule has 2 atom stereocenters. The van der Waals surface area contributed by atoms with E-state index in [0.717, 1.165) is 27.8 Å². The predicted octanol–water partition coefficient (Wildman–Crippen LogP) is 3.00. The van der Waals surface area contributed by atoms with Gasteiger partial charge in [0.05, 0.1) is 13.2 Å². The minimum absolute atomic E-state index is 0.00592. The van der Waals surface area contributed by atoms with E-state index in [2.05, 4.69) is 4.98 Å². The average molecular weight is 434 g/mol. The average Bonchev–Trinajstić information content (AvgIpc) is 3.14. The molecule has 0 bridgehead atoms. The molecule has 32 heavy (non-hydrogen) atoms. The van der Waals surface area contributed by atoms with E-state index in [4.69, 9.17) is 18.9 Å². The van der Waals surface area contributed by atoms with Gasteiger partial charge in [0.15, 0.2) is 6.61 Å². The zero-order valence-corrected chi connectivity index (χ0v) is 18.0. The summed E-state index contributed by atoms with van der Waals surface area (Å²) in [5.74, 6) is 1.45. The molecule has 2 aliphatic rings. The highest BCUT2D eigenvalue weighted by molar-refractivity contribution is 5.87. The SMILES string of the molecule is Cc1ccccc1OCC(=O)N1C[C@@H]2OCC(Oc3cccc4cnccc34)CO[C@H]2C1. The third kappa shape index (κ3) is 4.40. The molecule has 1 aromatic heterocycles. The smallest absolute Gasteiger partial charge is 0.260 e. The maximum atomic E-state index is 12.6. The molecule has 0 radical (unpaired) electrons. The van der Waals surface area contributed by atoms with Crippen LogP contribution in [0.5, 0.6) is 11.5 Å². The van der Waals surface area contributed by atoms with Crippen molar-refractivity contribution in [3.63, 3.8) is 0 Å². The molecule has 2 aromatic carbocycles. The van der Waals surface area contributed by atoms with E-state index in [1.54, 1.807) is 11.1 Å². The summed E-state index contributed by atoms with van der Waals surface area (Å²) in [5.41, 5.74) is 1.01. The largest absolute Gasteiger partial charge is 0.485 e. The van der Waals surface area contributed by atoms with Crippen LogP contribution in [0, 0.1) is 6.92 Å². The summed E-state index contributed by atoms with van der Waals surface area (Å²) >= 11 is 0. The summed E-state index contributed by atoms with van der Waals surface area (Å²) in [6.45, 7) is 3.77. The molecule has 3 aromatic rings. The topological polar surface area (TPSA) is 70.1 Å². The number of para-hydroxylation sites is 1. The van der Waals surface area contributed by atoms with Gasteiger partial charge in [0.25, 0.3) is 5.91 Å². The Balaban J connectivity index is 1.15. The molecule has 0 unspecified atom stereocenters. The number of likely N-dealkylation sites (tertiary alicyclic amines) is 1. The number of pyridine rings is 1. The molecule has 2 saturated heterocycles. The second-order valence-electron chi connectivity index (χ2n) is 8.19. The first-order valence-electron chi connectivity index (χ1n) is 10.9. The van der Waals surface area contributed by atoms with Crippen molar-refractivity contribution >= 4 is 16.7 Å². The first-order chi connectivity index (χ1) is 15.7. The van der Waals surface area contributed by atoms with E-state index < -0.39 is 0 Å². The number of ether oxygens (including phenoxy) is 4. The Morgan fingerprint density at radius 2 is 1.78 bits per heavy atom. The minimum atomic E-state index is -0.215. The molecule has 1 amide bonds. The zero-order valence-electron chi connectivity index (χ0n) is 18.0. The van der Waals surface area contributed by atoms with Crippen molar-refractivity contribution in [2.45, 2.75) is 25.2 Å². The molecule has 2 aliphatic heterocycles. The van der Waals surface area contributed by atoms with Gasteiger partial charge in [0, 0.05) is 36.3 Å². The van der Waals surface area contributed by atoms with Gasteiger partial charge in [-0.2, -0.15) is 0 Å². The van der Waals surface area contributed by atoms with Crippen LogP contribution in [0.15, 0.2) is 60.9 Å². The summed E-state index contributed by atoms with van der Waals surface area (Å²) < 4.78 is 24.1. The molecular formula is C25H26N2O5.